The second-order valence-corrected chi connectivity index (χ2v) is 15.0. The third-order valence-electron chi connectivity index (χ3n) is 11.1. The summed E-state index contributed by atoms with van der Waals surface area (Å²) in [6, 6.07) is 18.1. The lowest BCUT2D eigenvalue weighted by molar-refractivity contribution is -0.193. The van der Waals surface area contributed by atoms with Crippen molar-refractivity contribution in [1.29, 1.82) is 0 Å². The molecular formula is C42H53ClF4N4O6. The number of alkyl halides is 4. The number of nitrogens with one attached hydrogen (secondary N) is 1. The Labute approximate surface area is 335 Å². The van der Waals surface area contributed by atoms with Crippen molar-refractivity contribution >= 4 is 56.9 Å². The lowest BCUT2D eigenvalue weighted by atomic mass is 9.89. The molecule has 6 rings (SSSR count). The van der Waals surface area contributed by atoms with Gasteiger partial charge in [-0.2, -0.15) is 36.7 Å². The van der Waals surface area contributed by atoms with Gasteiger partial charge in [-0.1, -0.05) is 36.4 Å². The molecule has 0 saturated carbocycles. The largest absolute Gasteiger partial charge is 0.373 e. The summed E-state index contributed by atoms with van der Waals surface area (Å²) in [5.41, 5.74) is 8.06. The lowest BCUT2D eigenvalue weighted by Gasteiger charge is -2.37. The smallest absolute Gasteiger partial charge is 0.342 e. The maximum atomic E-state index is 13.3. The molecule has 1 N–H and O–H groups in total. The molecule has 57 heavy (non-hydrogen) atoms. The summed E-state index contributed by atoms with van der Waals surface area (Å²) in [5, 5.41) is 4.54. The Kier molecular flexibility index (Phi) is 18.6. The number of aryl methyl sites for hydroxylation is 2. The molecule has 0 spiro atoms. The van der Waals surface area contributed by atoms with E-state index in [2.05, 4.69) is 116 Å². The predicted molar refractivity (Wildman–Crippen MR) is 209 cm³/mol. The van der Waals surface area contributed by atoms with E-state index in [0.29, 0.717) is 38.9 Å². The fourth-order valence-corrected chi connectivity index (χ4v) is 7.77. The zero-order chi connectivity index (χ0) is 43.2. The molecule has 1 amide bonds. The van der Waals surface area contributed by atoms with Crippen LogP contribution in [0.4, 0.5) is 17.6 Å². The fraction of sp³-hybridized carbons (Fsp3) is 0.524. The van der Waals surface area contributed by atoms with Gasteiger partial charge in [-0.3, -0.25) is 9.59 Å². The van der Waals surface area contributed by atoms with Crippen LogP contribution >= 0.6 is 11.6 Å². The van der Waals surface area contributed by atoms with Crippen molar-refractivity contribution < 1.29 is 46.3 Å². The molecule has 4 aromatic rings. The number of para-hydroxylation sites is 2. The molecule has 15 heteroatoms. The molecule has 0 aliphatic carbocycles. The van der Waals surface area contributed by atoms with Crippen molar-refractivity contribution in [2.75, 3.05) is 26.2 Å². The van der Waals surface area contributed by atoms with E-state index in [-0.39, 0.29) is 18.3 Å². The summed E-state index contributed by atoms with van der Waals surface area (Å²) in [6.45, 7) is 17.7. The quantitative estimate of drug-likeness (QED) is 0.152. The number of carbonyl (C=O) groups excluding carboxylic acids is 6. The molecule has 2 atom stereocenters. The SMILES string of the molecule is CC(F)(F)C(=O)Cl.Cc1c(C)n([C@H](C)C2CCN(C(=O)C(C)(F)F)CC2)c2ccccc12.Cc1c(C)n([C@H](C)C2CCNCC2)c2ccccc12.O=C=O.O=C=O. The highest BCUT2D eigenvalue weighted by molar-refractivity contribution is 6.65. The number of nitrogens with zero attached hydrogens (tertiary/aromatic N) is 3. The minimum absolute atomic E-state index is 0.250. The first-order valence-electron chi connectivity index (χ1n) is 18.8. The number of amides is 1. The zero-order valence-corrected chi connectivity index (χ0v) is 34.5. The number of hydrogen-bond acceptors (Lipinski definition) is 7. The van der Waals surface area contributed by atoms with Crippen LogP contribution in [0.2, 0.25) is 0 Å². The molecule has 0 radical (unpaired) electrons. The zero-order valence-electron chi connectivity index (χ0n) is 33.8. The van der Waals surface area contributed by atoms with Gasteiger partial charge in [0.1, 0.15) is 0 Å². The Hall–Kier alpha value is -4.61. The van der Waals surface area contributed by atoms with Gasteiger partial charge in [-0.15, -0.1) is 0 Å². The highest BCUT2D eigenvalue weighted by Crippen LogP contribution is 2.36. The summed E-state index contributed by atoms with van der Waals surface area (Å²) in [6.07, 6.45) is 4.61. The van der Waals surface area contributed by atoms with Crippen LogP contribution in [0.15, 0.2) is 48.5 Å². The van der Waals surface area contributed by atoms with Crippen molar-refractivity contribution in [3.63, 3.8) is 0 Å². The van der Waals surface area contributed by atoms with Gasteiger partial charge < -0.3 is 19.4 Å². The van der Waals surface area contributed by atoms with Crippen molar-refractivity contribution in [2.45, 2.75) is 105 Å². The van der Waals surface area contributed by atoms with E-state index in [0.717, 1.165) is 18.8 Å². The summed E-state index contributed by atoms with van der Waals surface area (Å²) in [7, 11) is 0. The summed E-state index contributed by atoms with van der Waals surface area (Å²) < 4.78 is 54.2. The minimum atomic E-state index is -3.37. The van der Waals surface area contributed by atoms with E-state index < -0.39 is 23.0 Å². The Bertz CT molecular complexity index is 2000. The van der Waals surface area contributed by atoms with Gasteiger partial charge >= 0.3 is 24.1 Å². The lowest BCUT2D eigenvalue weighted by Crippen LogP contribution is -2.46. The number of hydrogen-bond donors (Lipinski definition) is 1. The van der Waals surface area contributed by atoms with Crippen LogP contribution in [0, 0.1) is 39.5 Å². The first-order chi connectivity index (χ1) is 26.7. The molecule has 2 aliphatic heterocycles. The van der Waals surface area contributed by atoms with Crippen molar-refractivity contribution in [1.82, 2.24) is 19.4 Å². The van der Waals surface area contributed by atoms with Crippen molar-refractivity contribution in [3.8, 4) is 0 Å². The third-order valence-corrected chi connectivity index (χ3v) is 11.4. The van der Waals surface area contributed by atoms with Crippen LogP contribution in [0.1, 0.15) is 88.0 Å². The Morgan fingerprint density at radius 2 is 1.02 bits per heavy atom. The van der Waals surface area contributed by atoms with Gasteiger partial charge in [-0.05, 0) is 127 Å². The Morgan fingerprint density at radius 3 is 1.35 bits per heavy atom. The molecule has 0 unspecified atom stereocenters. The minimum Gasteiger partial charge on any atom is -0.342 e. The van der Waals surface area contributed by atoms with E-state index in [4.69, 9.17) is 19.2 Å². The fourth-order valence-electron chi connectivity index (χ4n) is 7.77. The number of halogens is 5. The van der Waals surface area contributed by atoms with Crippen LogP contribution in [0.5, 0.6) is 0 Å². The van der Waals surface area contributed by atoms with E-state index in [1.807, 2.05) is 0 Å². The topological polar surface area (TPSA) is 128 Å². The molecule has 0 bridgehead atoms. The molecule has 2 saturated heterocycles. The van der Waals surface area contributed by atoms with Crippen LogP contribution in [-0.4, -0.2) is 75.5 Å². The number of likely N-dealkylation sites (tertiary alicyclic amines) is 1. The first-order valence-corrected chi connectivity index (χ1v) is 19.1. The molecule has 2 aromatic carbocycles. The monoisotopic (exact) mass is 820 g/mol. The Balaban J connectivity index is 0.000000307. The molecule has 4 heterocycles. The molecule has 2 aromatic heterocycles. The maximum Gasteiger partial charge on any atom is 0.373 e. The van der Waals surface area contributed by atoms with Crippen molar-refractivity contribution in [3.05, 3.63) is 71.0 Å². The van der Waals surface area contributed by atoms with Gasteiger partial charge in [0.25, 0.3) is 11.1 Å². The van der Waals surface area contributed by atoms with Gasteiger partial charge in [0.15, 0.2) is 0 Å². The van der Waals surface area contributed by atoms with Crippen LogP contribution in [0.3, 0.4) is 0 Å². The number of aromatic nitrogens is 2. The predicted octanol–water partition coefficient (Wildman–Crippen LogP) is 8.77. The summed E-state index contributed by atoms with van der Waals surface area (Å²) >= 11 is 4.36. The number of fused-ring (bicyclic) bond motifs is 2. The third kappa shape index (κ3) is 12.7. The first kappa shape index (κ1) is 48.5. The van der Waals surface area contributed by atoms with Crippen molar-refractivity contribution in [2.24, 2.45) is 11.8 Å². The average Bonchev–Trinajstić information content (AvgIpc) is 3.58. The number of piperidine rings is 2. The standard InChI is InChI=1S/C20H26F2N2O.C17H24N2.C3H3ClF2O.2CO2/c1-13-14(2)24(18-8-6-5-7-17(13)18)15(3)16-9-11-23(12-10-16)19(25)20(4,21)22;1-12-13(2)19(17-7-5-4-6-16(12)17)14(3)15-8-10-18-11-9-15;1-3(5,6)2(4)7;2*2-1-3/h5-8,15-16H,9-12H2,1-4H3;4-7,14-15,18H,8-11H2,1-3H3;1H3;;/t15-;14-;;;/m11.../s1. The summed E-state index contributed by atoms with van der Waals surface area (Å²) in [4.78, 5) is 55.1. The number of benzene rings is 2. The molecular weight excluding hydrogens is 768 g/mol. The average molecular weight is 821 g/mol. The number of carbonyl (C=O) groups is 2. The second-order valence-electron chi connectivity index (χ2n) is 14.6. The van der Waals surface area contributed by atoms with Gasteiger partial charge in [0.2, 0.25) is 0 Å². The number of rotatable bonds is 6. The maximum absolute atomic E-state index is 13.3. The Morgan fingerprint density at radius 1 is 0.684 bits per heavy atom. The normalized spacial score (nSPS) is 15.8. The van der Waals surface area contributed by atoms with E-state index >= 15 is 0 Å². The van der Waals surface area contributed by atoms with E-state index in [9.17, 15) is 27.2 Å². The summed E-state index contributed by atoms with van der Waals surface area (Å²) in [5.74, 6) is -6.51. The highest BCUT2D eigenvalue weighted by Gasteiger charge is 2.39. The van der Waals surface area contributed by atoms with Gasteiger partial charge in [0.05, 0.1) is 0 Å². The van der Waals surface area contributed by atoms with E-state index in [1.165, 1.54) is 75.2 Å². The molecule has 10 nitrogen and oxygen atoms in total. The van der Waals surface area contributed by atoms with Crippen LogP contribution in [-0.2, 0) is 28.8 Å². The van der Waals surface area contributed by atoms with Crippen LogP contribution in [0.25, 0.3) is 21.8 Å². The van der Waals surface area contributed by atoms with Gasteiger partial charge in [0, 0.05) is 72.2 Å². The second kappa shape index (κ2) is 21.8. The van der Waals surface area contributed by atoms with E-state index in [1.54, 1.807) is 0 Å². The molecule has 2 fully saturated rings. The molecule has 2 aliphatic rings. The van der Waals surface area contributed by atoms with Crippen LogP contribution < -0.4 is 5.32 Å². The highest BCUT2D eigenvalue weighted by atomic mass is 35.5. The van der Waals surface area contributed by atoms with Gasteiger partial charge in [-0.25, -0.2) is 0 Å². The molecule has 312 valence electrons.